The van der Waals surface area contributed by atoms with E-state index in [0.717, 1.165) is 11.1 Å². The van der Waals surface area contributed by atoms with Crippen LogP contribution in [0, 0.1) is 6.92 Å². The molecule has 0 aliphatic carbocycles. The molecule has 0 aliphatic heterocycles. The Bertz CT molecular complexity index is 2530. The molecular formula is C52H60N2O2. The molecule has 0 radical (unpaired) electrons. The molecule has 0 atom stereocenters. The molecule has 6 aromatic carbocycles. The molecule has 0 unspecified atom stereocenters. The summed E-state index contributed by atoms with van der Waals surface area (Å²) in [7, 11) is 4.28. The van der Waals surface area contributed by atoms with E-state index in [1.54, 1.807) is 27.7 Å². The van der Waals surface area contributed by atoms with Crippen molar-refractivity contribution in [3.8, 4) is 0 Å². The van der Waals surface area contributed by atoms with Gasteiger partial charge in [-0.3, -0.25) is 0 Å². The Hall–Kier alpha value is -5.16. The number of benzene rings is 6. The molecule has 8 aromatic rings. The molecule has 56 heavy (non-hydrogen) atoms. The Balaban J connectivity index is 0.000000159. The van der Waals surface area contributed by atoms with Gasteiger partial charge in [0.25, 0.3) is 0 Å². The summed E-state index contributed by atoms with van der Waals surface area (Å²) in [4.78, 5) is 0. The van der Waals surface area contributed by atoms with Crippen molar-refractivity contribution in [1.29, 1.82) is 0 Å². The minimum absolute atomic E-state index is 0.0450. The third-order valence-corrected chi connectivity index (χ3v) is 11.5. The molecule has 4 nitrogen and oxygen atoms in total. The molecule has 0 fully saturated rings. The van der Waals surface area contributed by atoms with Crippen LogP contribution in [-0.2, 0) is 36.1 Å². The summed E-state index contributed by atoms with van der Waals surface area (Å²) >= 11 is 0. The number of rotatable bonds is 4. The first-order valence-corrected chi connectivity index (χ1v) is 19.8. The molecule has 0 amide bonds. The Labute approximate surface area is 334 Å². The highest BCUT2D eigenvalue weighted by Crippen LogP contribution is 2.37. The van der Waals surface area contributed by atoms with Crippen LogP contribution in [-0.4, -0.2) is 19.3 Å². The first kappa shape index (κ1) is 40.5. The highest BCUT2D eigenvalue weighted by molar-refractivity contribution is 6.09. The van der Waals surface area contributed by atoms with E-state index < -0.39 is 11.2 Å². The first-order chi connectivity index (χ1) is 26.2. The number of aromatic nitrogens is 2. The zero-order valence-electron chi connectivity index (χ0n) is 35.5. The predicted octanol–water partition coefficient (Wildman–Crippen LogP) is 12.7. The van der Waals surface area contributed by atoms with Crippen LogP contribution in [0.1, 0.15) is 95.7 Å². The molecule has 290 valence electrons. The molecule has 0 saturated heterocycles. The Morgan fingerprint density at radius 3 is 1.18 bits per heavy atom. The van der Waals surface area contributed by atoms with Crippen LogP contribution in [0.5, 0.6) is 0 Å². The molecule has 0 aliphatic rings. The van der Waals surface area contributed by atoms with Crippen LogP contribution in [0.3, 0.4) is 0 Å². The van der Waals surface area contributed by atoms with E-state index >= 15 is 0 Å². The number of para-hydroxylation sites is 2. The molecule has 0 bridgehead atoms. The van der Waals surface area contributed by atoms with Gasteiger partial charge in [-0.1, -0.05) is 137 Å². The van der Waals surface area contributed by atoms with Gasteiger partial charge in [-0.05, 0) is 104 Å². The van der Waals surface area contributed by atoms with Crippen LogP contribution in [0.25, 0.3) is 43.6 Å². The molecule has 0 spiro atoms. The molecule has 2 heterocycles. The summed E-state index contributed by atoms with van der Waals surface area (Å²) in [6, 6.07) is 47.3. The van der Waals surface area contributed by atoms with Crippen molar-refractivity contribution in [2.24, 2.45) is 14.1 Å². The quantitative estimate of drug-likeness (QED) is 0.188. The lowest BCUT2D eigenvalue weighted by Crippen LogP contribution is -2.19. The number of hydrogen-bond acceptors (Lipinski definition) is 2. The van der Waals surface area contributed by atoms with Crippen molar-refractivity contribution in [2.75, 3.05) is 0 Å². The summed E-state index contributed by atoms with van der Waals surface area (Å²) in [5.41, 5.74) is 10.8. The van der Waals surface area contributed by atoms with Crippen LogP contribution < -0.4 is 0 Å². The second-order valence-corrected chi connectivity index (χ2v) is 18.1. The Morgan fingerprint density at radius 2 is 0.732 bits per heavy atom. The first-order valence-electron chi connectivity index (χ1n) is 19.8. The van der Waals surface area contributed by atoms with E-state index in [1.165, 1.54) is 65.9 Å². The standard InChI is InChI=1S/C27H31N.C13H11N.C12H18O2/c1-18-8-14-24-22(16-18)23-17-21(13-15-25(23)28(24)7)27(5,6)20-11-9-19(10-12-20)26(2,3)4;1-14-12-8-4-2-6-10(12)11-7-3-5-9-13(11)14;1-11(2,13)9-5-7-10(8-6-9)12(3,4)14/h8-17H,1-7H3;2-9H,1H3;5-8,13-14H,1-4H3. The van der Waals surface area contributed by atoms with Gasteiger partial charge in [0.15, 0.2) is 0 Å². The van der Waals surface area contributed by atoms with Gasteiger partial charge in [0.2, 0.25) is 0 Å². The minimum atomic E-state index is -0.821. The SMILES string of the molecule is CC(C)(O)c1ccc(C(C)(C)O)cc1.Cc1ccc2c(c1)c1cc(C(C)(C)c3ccc(C(C)(C)C)cc3)ccc1n2C.Cn1c2ccccc2c2ccccc21. The number of aliphatic hydroxyl groups is 2. The lowest BCUT2D eigenvalue weighted by atomic mass is 9.76. The smallest absolute Gasteiger partial charge is 0.0840 e. The van der Waals surface area contributed by atoms with Gasteiger partial charge in [-0.2, -0.15) is 0 Å². The summed E-state index contributed by atoms with van der Waals surface area (Å²) in [5, 5.41) is 24.8. The second-order valence-electron chi connectivity index (χ2n) is 18.1. The third kappa shape index (κ3) is 8.19. The van der Waals surface area contributed by atoms with Gasteiger partial charge >= 0.3 is 0 Å². The van der Waals surface area contributed by atoms with Gasteiger partial charge < -0.3 is 19.3 Å². The van der Waals surface area contributed by atoms with E-state index in [-0.39, 0.29) is 10.8 Å². The van der Waals surface area contributed by atoms with E-state index in [1.807, 2.05) is 24.3 Å². The third-order valence-electron chi connectivity index (χ3n) is 11.5. The molecular weight excluding hydrogens is 685 g/mol. The van der Waals surface area contributed by atoms with Crippen LogP contribution >= 0.6 is 0 Å². The molecule has 2 N–H and O–H groups in total. The van der Waals surface area contributed by atoms with Crippen molar-refractivity contribution in [3.05, 3.63) is 167 Å². The fourth-order valence-corrected chi connectivity index (χ4v) is 7.68. The summed E-state index contributed by atoms with van der Waals surface area (Å²) in [6.45, 7) is 20.6. The van der Waals surface area contributed by atoms with Crippen molar-refractivity contribution in [3.63, 3.8) is 0 Å². The lowest BCUT2D eigenvalue weighted by molar-refractivity contribution is 0.0744. The van der Waals surface area contributed by atoms with Crippen LogP contribution in [0.15, 0.2) is 133 Å². The summed E-state index contributed by atoms with van der Waals surface area (Å²) in [5.74, 6) is 0. The number of nitrogens with zero attached hydrogens (tertiary/aromatic N) is 2. The zero-order valence-corrected chi connectivity index (χ0v) is 35.5. The van der Waals surface area contributed by atoms with Gasteiger partial charge in [0.1, 0.15) is 0 Å². The maximum atomic E-state index is 9.72. The molecule has 0 saturated carbocycles. The molecule has 8 rings (SSSR count). The summed E-state index contributed by atoms with van der Waals surface area (Å²) in [6.07, 6.45) is 0. The summed E-state index contributed by atoms with van der Waals surface area (Å²) < 4.78 is 4.55. The fraction of sp³-hybridized carbons (Fsp3) is 0.308. The van der Waals surface area contributed by atoms with E-state index in [0.29, 0.717) is 0 Å². The fourth-order valence-electron chi connectivity index (χ4n) is 7.68. The van der Waals surface area contributed by atoms with E-state index in [9.17, 15) is 10.2 Å². The Morgan fingerprint density at radius 1 is 0.375 bits per heavy atom. The van der Waals surface area contributed by atoms with Crippen LogP contribution in [0.2, 0.25) is 0 Å². The topological polar surface area (TPSA) is 50.3 Å². The lowest BCUT2D eigenvalue weighted by Gasteiger charge is -2.28. The highest BCUT2D eigenvalue weighted by Gasteiger charge is 2.25. The van der Waals surface area contributed by atoms with Crippen molar-refractivity contribution in [1.82, 2.24) is 9.13 Å². The van der Waals surface area contributed by atoms with Gasteiger partial charge in [0.05, 0.1) is 11.2 Å². The number of hydrogen-bond donors (Lipinski definition) is 2. The van der Waals surface area contributed by atoms with Crippen molar-refractivity contribution < 1.29 is 10.2 Å². The monoisotopic (exact) mass is 744 g/mol. The van der Waals surface area contributed by atoms with Crippen LogP contribution in [0.4, 0.5) is 0 Å². The largest absolute Gasteiger partial charge is 0.386 e. The average Bonchev–Trinajstić information content (AvgIpc) is 3.60. The van der Waals surface area contributed by atoms with Gasteiger partial charge in [-0.25, -0.2) is 0 Å². The zero-order chi connectivity index (χ0) is 40.8. The van der Waals surface area contributed by atoms with Gasteiger partial charge in [0, 0.05) is 63.1 Å². The van der Waals surface area contributed by atoms with Crippen molar-refractivity contribution >= 4 is 43.6 Å². The predicted molar refractivity (Wildman–Crippen MR) is 240 cm³/mol. The van der Waals surface area contributed by atoms with Crippen molar-refractivity contribution in [2.45, 2.75) is 91.3 Å². The maximum absolute atomic E-state index is 9.72. The van der Waals surface area contributed by atoms with E-state index in [4.69, 9.17) is 0 Å². The number of fused-ring (bicyclic) bond motifs is 6. The second kappa shape index (κ2) is 15.1. The molecule has 4 heteroatoms. The minimum Gasteiger partial charge on any atom is -0.386 e. The normalized spacial score (nSPS) is 12.5. The Kier molecular flexibility index (Phi) is 10.9. The van der Waals surface area contributed by atoms with Gasteiger partial charge in [-0.15, -0.1) is 0 Å². The number of aryl methyl sites for hydroxylation is 3. The average molecular weight is 745 g/mol. The highest BCUT2D eigenvalue weighted by atomic mass is 16.3. The maximum Gasteiger partial charge on any atom is 0.0840 e. The van der Waals surface area contributed by atoms with E-state index in [2.05, 4.69) is 174 Å². The molecule has 2 aromatic heterocycles.